The van der Waals surface area contributed by atoms with Crippen LogP contribution >= 0.6 is 23.5 Å². The van der Waals surface area contributed by atoms with Gasteiger partial charge < -0.3 is 10.4 Å². The second kappa shape index (κ2) is 7.83. The van der Waals surface area contributed by atoms with E-state index in [1.165, 1.54) is 17.3 Å². The van der Waals surface area contributed by atoms with Crippen molar-refractivity contribution in [1.29, 1.82) is 0 Å². The van der Waals surface area contributed by atoms with E-state index in [9.17, 15) is 14.7 Å². The molecule has 1 fully saturated rings. The van der Waals surface area contributed by atoms with E-state index >= 15 is 0 Å². The average Bonchev–Trinajstić information content (AvgIpc) is 2.53. The second-order valence-corrected chi connectivity index (χ2v) is 9.38. The monoisotopic (exact) mass is 367 g/mol. The zero-order valence-corrected chi connectivity index (χ0v) is 16.1. The molecule has 2 N–H and O–H groups in total. The molecular formula is C18H25NO3S2. The van der Waals surface area contributed by atoms with E-state index in [-0.39, 0.29) is 17.1 Å². The predicted octanol–water partition coefficient (Wildman–Crippen LogP) is 3.54. The van der Waals surface area contributed by atoms with Gasteiger partial charge in [-0.25, -0.2) is 4.79 Å². The van der Waals surface area contributed by atoms with Crippen LogP contribution in [0, 0.1) is 0 Å². The van der Waals surface area contributed by atoms with E-state index in [2.05, 4.69) is 38.2 Å². The van der Waals surface area contributed by atoms with Crippen molar-refractivity contribution in [2.75, 3.05) is 17.3 Å². The van der Waals surface area contributed by atoms with Crippen LogP contribution in [0.1, 0.15) is 39.2 Å². The highest BCUT2D eigenvalue weighted by Crippen LogP contribution is 2.28. The first-order valence-corrected chi connectivity index (χ1v) is 10.2. The number of nitrogens with one attached hydrogen (secondary N) is 1. The standard InChI is InChI=1S/C18H25NO3S2/c1-17(2,3)13-4-6-14(7-5-13)24-12-15(20)19-18(16(21)22)8-10-23-11-9-18/h4-7H,8-12H2,1-3H3,(H,19,20)(H,21,22). The number of hydrogen-bond donors (Lipinski definition) is 2. The zero-order valence-electron chi connectivity index (χ0n) is 14.4. The fourth-order valence-electron chi connectivity index (χ4n) is 2.62. The minimum Gasteiger partial charge on any atom is -0.480 e. The molecule has 1 aromatic carbocycles. The number of aliphatic carboxylic acids is 1. The largest absolute Gasteiger partial charge is 0.480 e. The molecule has 0 bridgehead atoms. The molecule has 4 nitrogen and oxygen atoms in total. The smallest absolute Gasteiger partial charge is 0.329 e. The molecule has 1 amide bonds. The molecular weight excluding hydrogens is 342 g/mol. The van der Waals surface area contributed by atoms with E-state index < -0.39 is 11.5 Å². The lowest BCUT2D eigenvalue weighted by Crippen LogP contribution is -2.57. The Labute approximate surface area is 152 Å². The highest BCUT2D eigenvalue weighted by atomic mass is 32.2. The summed E-state index contributed by atoms with van der Waals surface area (Å²) in [5.41, 5.74) is 0.271. The molecule has 0 saturated carbocycles. The van der Waals surface area contributed by atoms with Crippen molar-refractivity contribution in [2.24, 2.45) is 0 Å². The Morgan fingerprint density at radius 1 is 1.21 bits per heavy atom. The molecule has 1 saturated heterocycles. The molecule has 0 aliphatic carbocycles. The number of thioether (sulfide) groups is 2. The van der Waals surface area contributed by atoms with Crippen LogP contribution in [0.5, 0.6) is 0 Å². The first-order valence-electron chi connectivity index (χ1n) is 8.08. The van der Waals surface area contributed by atoms with Gasteiger partial charge in [0, 0.05) is 4.90 Å². The second-order valence-electron chi connectivity index (χ2n) is 7.11. The fraction of sp³-hybridized carbons (Fsp3) is 0.556. The van der Waals surface area contributed by atoms with E-state index in [4.69, 9.17) is 0 Å². The Hall–Kier alpha value is -1.14. The Kier molecular flexibility index (Phi) is 6.26. The Bertz CT molecular complexity index is 587. The highest BCUT2D eigenvalue weighted by Gasteiger charge is 2.41. The summed E-state index contributed by atoms with van der Waals surface area (Å²) in [5, 5.41) is 12.3. The Morgan fingerprint density at radius 2 is 1.79 bits per heavy atom. The van der Waals surface area contributed by atoms with Crippen molar-refractivity contribution in [3.8, 4) is 0 Å². The molecule has 0 unspecified atom stereocenters. The number of carbonyl (C=O) groups excluding carboxylic acids is 1. The normalized spacial score (nSPS) is 17.3. The molecule has 0 atom stereocenters. The van der Waals surface area contributed by atoms with E-state index in [1.807, 2.05) is 12.1 Å². The number of carboxylic acids is 1. The van der Waals surface area contributed by atoms with Gasteiger partial charge in [-0.2, -0.15) is 11.8 Å². The van der Waals surface area contributed by atoms with Crippen LogP contribution in [0.3, 0.4) is 0 Å². The van der Waals surface area contributed by atoms with Gasteiger partial charge in [0.25, 0.3) is 0 Å². The van der Waals surface area contributed by atoms with Gasteiger partial charge in [0.1, 0.15) is 5.54 Å². The number of amides is 1. The molecule has 2 rings (SSSR count). The van der Waals surface area contributed by atoms with Crippen molar-refractivity contribution in [1.82, 2.24) is 5.32 Å². The third kappa shape index (κ3) is 4.93. The summed E-state index contributed by atoms with van der Waals surface area (Å²) in [6, 6.07) is 8.19. The van der Waals surface area contributed by atoms with Gasteiger partial charge in [-0.15, -0.1) is 11.8 Å². The van der Waals surface area contributed by atoms with Crippen molar-refractivity contribution < 1.29 is 14.7 Å². The number of hydrogen-bond acceptors (Lipinski definition) is 4. The zero-order chi connectivity index (χ0) is 17.8. The molecule has 0 aromatic heterocycles. The summed E-state index contributed by atoms with van der Waals surface area (Å²) in [5.74, 6) is 0.642. The van der Waals surface area contributed by atoms with E-state index in [1.54, 1.807) is 11.8 Å². The SMILES string of the molecule is CC(C)(C)c1ccc(SCC(=O)NC2(C(=O)O)CCSCC2)cc1. The third-order valence-corrected chi connectivity index (χ3v) is 6.22. The molecule has 6 heteroatoms. The quantitative estimate of drug-likeness (QED) is 0.779. The summed E-state index contributed by atoms with van der Waals surface area (Å²) >= 11 is 3.17. The molecule has 1 aliphatic rings. The van der Waals surface area contributed by atoms with Crippen molar-refractivity contribution in [3.05, 3.63) is 29.8 Å². The third-order valence-electron chi connectivity index (χ3n) is 4.22. The van der Waals surface area contributed by atoms with Crippen LogP contribution in [0.25, 0.3) is 0 Å². The van der Waals surface area contributed by atoms with Crippen molar-refractivity contribution in [2.45, 2.75) is 49.5 Å². The Balaban J connectivity index is 1.91. The summed E-state index contributed by atoms with van der Waals surface area (Å²) in [4.78, 5) is 24.8. The number of carboxylic acid groups (broad SMARTS) is 1. The van der Waals surface area contributed by atoms with E-state index in [0.717, 1.165) is 16.4 Å². The molecule has 0 spiro atoms. The maximum Gasteiger partial charge on any atom is 0.329 e. The van der Waals surface area contributed by atoms with Gasteiger partial charge in [-0.3, -0.25) is 4.79 Å². The fourth-order valence-corrected chi connectivity index (χ4v) is 4.50. The van der Waals surface area contributed by atoms with Crippen LogP contribution in [0.2, 0.25) is 0 Å². The molecule has 1 aromatic rings. The lowest BCUT2D eigenvalue weighted by molar-refractivity contribution is -0.147. The molecule has 1 aliphatic heterocycles. The van der Waals surface area contributed by atoms with Crippen LogP contribution in [0.15, 0.2) is 29.2 Å². The molecule has 0 radical (unpaired) electrons. The van der Waals surface area contributed by atoms with Gasteiger partial charge in [0.2, 0.25) is 5.91 Å². The molecule has 132 valence electrons. The van der Waals surface area contributed by atoms with Gasteiger partial charge >= 0.3 is 5.97 Å². The minimum absolute atomic E-state index is 0.105. The molecule has 24 heavy (non-hydrogen) atoms. The highest BCUT2D eigenvalue weighted by molar-refractivity contribution is 8.00. The van der Waals surface area contributed by atoms with Crippen molar-refractivity contribution in [3.63, 3.8) is 0 Å². The first-order chi connectivity index (χ1) is 11.2. The first kappa shape index (κ1) is 19.2. The topological polar surface area (TPSA) is 66.4 Å². The van der Waals surface area contributed by atoms with Crippen molar-refractivity contribution >= 4 is 35.4 Å². The summed E-state index contributed by atoms with van der Waals surface area (Å²) in [6.45, 7) is 6.49. The summed E-state index contributed by atoms with van der Waals surface area (Å²) in [7, 11) is 0. The van der Waals surface area contributed by atoms with Crippen LogP contribution in [-0.2, 0) is 15.0 Å². The lowest BCUT2D eigenvalue weighted by atomic mass is 9.87. The lowest BCUT2D eigenvalue weighted by Gasteiger charge is -2.33. The number of rotatable bonds is 5. The van der Waals surface area contributed by atoms with Gasteiger partial charge in [-0.1, -0.05) is 32.9 Å². The van der Waals surface area contributed by atoms with Gasteiger partial charge in [-0.05, 0) is 47.5 Å². The minimum atomic E-state index is -1.08. The summed E-state index contributed by atoms with van der Waals surface area (Å²) in [6.07, 6.45) is 0.980. The van der Waals surface area contributed by atoms with Gasteiger partial charge in [0.15, 0.2) is 0 Å². The average molecular weight is 368 g/mol. The van der Waals surface area contributed by atoms with Gasteiger partial charge in [0.05, 0.1) is 5.75 Å². The number of carbonyl (C=O) groups is 2. The van der Waals surface area contributed by atoms with E-state index in [0.29, 0.717) is 12.8 Å². The van der Waals surface area contributed by atoms with Crippen LogP contribution < -0.4 is 5.32 Å². The number of benzene rings is 1. The van der Waals surface area contributed by atoms with Crippen LogP contribution in [-0.4, -0.2) is 39.8 Å². The Morgan fingerprint density at radius 3 is 2.29 bits per heavy atom. The maximum atomic E-state index is 12.2. The molecule has 1 heterocycles. The summed E-state index contributed by atoms with van der Waals surface area (Å²) < 4.78 is 0. The maximum absolute atomic E-state index is 12.2. The predicted molar refractivity (Wildman–Crippen MR) is 101 cm³/mol. The van der Waals surface area contributed by atoms with Crippen LogP contribution in [0.4, 0.5) is 0 Å².